The highest BCUT2D eigenvalue weighted by Gasteiger charge is 2.41. The van der Waals surface area contributed by atoms with E-state index in [9.17, 15) is 5.11 Å². The van der Waals surface area contributed by atoms with Crippen molar-refractivity contribution in [2.75, 3.05) is 0 Å². The average Bonchev–Trinajstić information content (AvgIpc) is 2.44. The van der Waals surface area contributed by atoms with Crippen LogP contribution in [-0.4, -0.2) is 23.4 Å². The Morgan fingerprint density at radius 3 is 2.00 bits per heavy atom. The highest BCUT2D eigenvalue weighted by atomic mass is 16.5. The van der Waals surface area contributed by atoms with E-state index in [-0.39, 0.29) is 30.1 Å². The lowest BCUT2D eigenvalue weighted by atomic mass is 9.86. The smallest absolute Gasteiger partial charge is 0.0815 e. The monoisotopic (exact) mass is 154 g/mol. The predicted molar refractivity (Wildman–Crippen MR) is 42.1 cm³/mol. The zero-order valence-corrected chi connectivity index (χ0v) is 6.90. The van der Waals surface area contributed by atoms with Crippen molar-refractivity contribution >= 4 is 0 Å². The van der Waals surface area contributed by atoms with Crippen molar-refractivity contribution in [3.8, 4) is 0 Å². The molecule has 0 aliphatic carbocycles. The standard InChI is InChI=1S/C9H14O2/c1-5-7-3-4-8(11-7)6(2)9(5)10/h3-10H,1-2H3/t5-,6?,7?,8?,9-/m0/s1. The number of fused-ring (bicyclic) bond motifs is 2. The first-order valence-electron chi connectivity index (χ1n) is 4.22. The van der Waals surface area contributed by atoms with Gasteiger partial charge in [-0.05, 0) is 0 Å². The van der Waals surface area contributed by atoms with Gasteiger partial charge in [0.25, 0.3) is 0 Å². The summed E-state index contributed by atoms with van der Waals surface area (Å²) in [6, 6.07) is 0. The van der Waals surface area contributed by atoms with E-state index in [1.807, 2.05) is 13.8 Å². The van der Waals surface area contributed by atoms with Gasteiger partial charge in [-0.25, -0.2) is 0 Å². The van der Waals surface area contributed by atoms with Gasteiger partial charge >= 0.3 is 0 Å². The van der Waals surface area contributed by atoms with Crippen LogP contribution in [0.25, 0.3) is 0 Å². The fourth-order valence-corrected chi connectivity index (χ4v) is 1.96. The molecule has 0 aromatic heterocycles. The maximum Gasteiger partial charge on any atom is 0.0815 e. The second-order valence-electron chi connectivity index (χ2n) is 3.66. The molecule has 1 fully saturated rings. The number of hydrogen-bond acceptors (Lipinski definition) is 2. The molecule has 1 N–H and O–H groups in total. The molecular weight excluding hydrogens is 140 g/mol. The first-order valence-corrected chi connectivity index (χ1v) is 4.22. The molecule has 0 aromatic carbocycles. The summed E-state index contributed by atoms with van der Waals surface area (Å²) in [4.78, 5) is 0. The molecule has 0 aromatic rings. The van der Waals surface area contributed by atoms with E-state index in [4.69, 9.17) is 4.74 Å². The fraction of sp³-hybridized carbons (Fsp3) is 0.778. The van der Waals surface area contributed by atoms with Crippen LogP contribution in [0.15, 0.2) is 12.2 Å². The maximum atomic E-state index is 9.71. The zero-order valence-electron chi connectivity index (χ0n) is 6.90. The molecule has 2 aliphatic rings. The van der Waals surface area contributed by atoms with Crippen LogP contribution in [0.1, 0.15) is 13.8 Å². The Bertz CT molecular complexity index is 170. The van der Waals surface area contributed by atoms with Crippen molar-refractivity contribution in [1.29, 1.82) is 0 Å². The molecule has 2 nitrogen and oxygen atoms in total. The van der Waals surface area contributed by atoms with Crippen molar-refractivity contribution in [3.05, 3.63) is 12.2 Å². The topological polar surface area (TPSA) is 29.5 Å². The summed E-state index contributed by atoms with van der Waals surface area (Å²) in [7, 11) is 0. The molecule has 0 saturated carbocycles. The fourth-order valence-electron chi connectivity index (χ4n) is 1.96. The minimum Gasteiger partial charge on any atom is -0.392 e. The molecule has 11 heavy (non-hydrogen) atoms. The summed E-state index contributed by atoms with van der Waals surface area (Å²) in [6.45, 7) is 4.08. The Hall–Kier alpha value is -0.340. The van der Waals surface area contributed by atoms with E-state index in [0.29, 0.717) is 0 Å². The van der Waals surface area contributed by atoms with Gasteiger partial charge in [0.05, 0.1) is 18.3 Å². The van der Waals surface area contributed by atoms with E-state index in [1.54, 1.807) is 0 Å². The number of rotatable bonds is 0. The van der Waals surface area contributed by atoms with Crippen LogP contribution in [-0.2, 0) is 4.74 Å². The lowest BCUT2D eigenvalue weighted by molar-refractivity contribution is -0.116. The van der Waals surface area contributed by atoms with Gasteiger partial charge in [0.1, 0.15) is 0 Å². The minimum atomic E-state index is -0.200. The molecule has 62 valence electrons. The first-order chi connectivity index (χ1) is 5.20. The third-order valence-electron chi connectivity index (χ3n) is 2.92. The van der Waals surface area contributed by atoms with Crippen molar-refractivity contribution in [3.63, 3.8) is 0 Å². The summed E-state index contributed by atoms with van der Waals surface area (Å²) in [5, 5.41) is 9.71. The number of hydrogen-bond donors (Lipinski definition) is 1. The Kier molecular flexibility index (Phi) is 1.55. The SMILES string of the molecule is CC1C2C=CC(O2)[C@H](C)[C@@H]1O. The van der Waals surface area contributed by atoms with E-state index in [2.05, 4.69) is 12.2 Å². The molecule has 2 rings (SSSR count). The lowest BCUT2D eigenvalue weighted by Crippen LogP contribution is -2.44. The molecule has 0 radical (unpaired) electrons. The zero-order chi connectivity index (χ0) is 8.01. The van der Waals surface area contributed by atoms with Crippen LogP contribution in [0.4, 0.5) is 0 Å². The summed E-state index contributed by atoms with van der Waals surface area (Å²) in [5.41, 5.74) is 0. The number of aliphatic hydroxyl groups is 1. The number of ether oxygens (including phenoxy) is 1. The maximum absolute atomic E-state index is 9.71. The Morgan fingerprint density at radius 1 is 1.09 bits per heavy atom. The highest BCUT2D eigenvalue weighted by Crippen LogP contribution is 2.35. The quantitative estimate of drug-likeness (QED) is 0.526. The van der Waals surface area contributed by atoms with Gasteiger partial charge in [-0.2, -0.15) is 0 Å². The summed E-state index contributed by atoms with van der Waals surface area (Å²) >= 11 is 0. The molecule has 0 spiro atoms. The van der Waals surface area contributed by atoms with Crippen LogP contribution in [0.5, 0.6) is 0 Å². The van der Waals surface area contributed by atoms with Crippen molar-refractivity contribution in [1.82, 2.24) is 0 Å². The summed E-state index contributed by atoms with van der Waals surface area (Å²) < 4.78 is 5.62. The summed E-state index contributed by atoms with van der Waals surface area (Å²) in [6.07, 6.45) is 4.26. The Labute approximate surface area is 66.9 Å². The van der Waals surface area contributed by atoms with E-state index >= 15 is 0 Å². The minimum absolute atomic E-state index is 0.159. The molecule has 2 bridgehead atoms. The molecule has 2 heteroatoms. The van der Waals surface area contributed by atoms with Crippen LogP contribution in [0.3, 0.4) is 0 Å². The van der Waals surface area contributed by atoms with E-state index in [0.717, 1.165) is 0 Å². The van der Waals surface area contributed by atoms with E-state index in [1.165, 1.54) is 0 Å². The molecule has 1 saturated heterocycles. The Morgan fingerprint density at radius 2 is 1.55 bits per heavy atom. The van der Waals surface area contributed by atoms with Crippen molar-refractivity contribution in [2.24, 2.45) is 11.8 Å². The van der Waals surface area contributed by atoms with Gasteiger partial charge in [-0.15, -0.1) is 0 Å². The molecule has 0 amide bonds. The Balaban J connectivity index is 2.22. The van der Waals surface area contributed by atoms with Crippen LogP contribution in [0.2, 0.25) is 0 Å². The molecule has 3 unspecified atom stereocenters. The highest BCUT2D eigenvalue weighted by molar-refractivity contribution is 5.11. The number of aliphatic hydroxyl groups excluding tert-OH is 1. The predicted octanol–water partition coefficient (Wildman–Crippen LogP) is 0.957. The third-order valence-corrected chi connectivity index (χ3v) is 2.92. The molecule has 5 atom stereocenters. The lowest BCUT2D eigenvalue weighted by Gasteiger charge is -2.36. The van der Waals surface area contributed by atoms with Gasteiger partial charge < -0.3 is 9.84 Å². The average molecular weight is 154 g/mol. The third kappa shape index (κ3) is 0.932. The second kappa shape index (κ2) is 2.32. The van der Waals surface area contributed by atoms with Gasteiger partial charge in [-0.1, -0.05) is 26.0 Å². The second-order valence-corrected chi connectivity index (χ2v) is 3.66. The van der Waals surface area contributed by atoms with Gasteiger partial charge in [-0.3, -0.25) is 0 Å². The van der Waals surface area contributed by atoms with Gasteiger partial charge in [0, 0.05) is 11.8 Å². The molecule has 2 heterocycles. The van der Waals surface area contributed by atoms with Crippen LogP contribution in [0, 0.1) is 11.8 Å². The summed E-state index contributed by atoms with van der Waals surface area (Å²) in [5.74, 6) is 0.500. The van der Waals surface area contributed by atoms with Crippen LogP contribution < -0.4 is 0 Å². The largest absolute Gasteiger partial charge is 0.392 e. The van der Waals surface area contributed by atoms with Gasteiger partial charge in [0.15, 0.2) is 0 Å². The normalized spacial score (nSPS) is 55.0. The van der Waals surface area contributed by atoms with Crippen molar-refractivity contribution < 1.29 is 9.84 Å². The first kappa shape index (κ1) is 7.32. The van der Waals surface area contributed by atoms with Crippen LogP contribution >= 0.6 is 0 Å². The molecular formula is C9H14O2. The van der Waals surface area contributed by atoms with Gasteiger partial charge in [0.2, 0.25) is 0 Å². The molecule has 2 aliphatic heterocycles. The van der Waals surface area contributed by atoms with E-state index < -0.39 is 0 Å². The van der Waals surface area contributed by atoms with Crippen molar-refractivity contribution in [2.45, 2.75) is 32.2 Å².